The van der Waals surface area contributed by atoms with Crippen molar-refractivity contribution < 1.29 is 9.59 Å². The van der Waals surface area contributed by atoms with Crippen LogP contribution in [0.2, 0.25) is 0 Å². The second-order valence-corrected chi connectivity index (χ2v) is 15.3. The van der Waals surface area contributed by atoms with Crippen LogP contribution in [-0.4, -0.2) is 65.1 Å². The van der Waals surface area contributed by atoms with Gasteiger partial charge in [-0.25, -0.2) is 19.9 Å². The van der Waals surface area contributed by atoms with Crippen LogP contribution in [-0.2, 0) is 0 Å². The lowest BCUT2D eigenvalue weighted by Crippen LogP contribution is -2.25. The molecule has 2 aliphatic rings. The Bertz CT molecular complexity index is 2440. The predicted molar refractivity (Wildman–Crippen MR) is 215 cm³/mol. The Morgan fingerprint density at radius 1 is 0.642 bits per heavy atom. The van der Waals surface area contributed by atoms with Crippen LogP contribution in [0.3, 0.4) is 0 Å². The number of aromatic nitrogens is 6. The molecule has 4 heterocycles. The van der Waals surface area contributed by atoms with Crippen molar-refractivity contribution in [3.8, 4) is 33.8 Å². The number of thioether (sulfide) groups is 2. The number of benzene rings is 3. The summed E-state index contributed by atoms with van der Waals surface area (Å²) in [5.74, 6) is -0.00349. The number of nitrogens with one attached hydrogen (secondary N) is 2. The van der Waals surface area contributed by atoms with E-state index >= 15 is 0 Å². The minimum atomic E-state index is -0.00238. The third-order valence-electron chi connectivity index (χ3n) is 9.06. The van der Waals surface area contributed by atoms with Gasteiger partial charge in [0, 0.05) is 52.3 Å². The molecule has 2 saturated carbocycles. The van der Waals surface area contributed by atoms with Crippen molar-refractivity contribution in [2.75, 3.05) is 12.5 Å². The van der Waals surface area contributed by atoms with Gasteiger partial charge in [-0.2, -0.15) is 0 Å². The number of imidazole rings is 2. The summed E-state index contributed by atoms with van der Waals surface area (Å²) in [5, 5.41) is 7.79. The van der Waals surface area contributed by atoms with E-state index in [4.69, 9.17) is 4.98 Å². The van der Waals surface area contributed by atoms with E-state index in [-0.39, 0.29) is 11.8 Å². The monoisotopic (exact) mass is 802 g/mol. The van der Waals surface area contributed by atoms with E-state index in [1.54, 1.807) is 23.5 Å². The number of hydrogen-bond donors (Lipinski definition) is 2. The van der Waals surface area contributed by atoms with Gasteiger partial charge < -0.3 is 10.6 Å². The second-order valence-electron chi connectivity index (χ2n) is 12.9. The molecular formula is C40H35BrN8O2S2. The standard InChI is InChI=1S/C23H20N4OS.C17H15BrN4OS/c1-29-23-21-24-13-20(27(21)14-19(26-23)15-5-3-2-4-6-15)16-7-9-17(10-8-16)22(28)25-18-11-12-18;1-24-17-15-19-8-13(22(15)9-14(18)21-17)10-2-4-11(5-3-10)16(23)20-12-6-7-12/h2-10,13-14,18H,11-12H2,1H3,(H,25,28);2-5,8-9,12H,6-7H2,1H3,(H,20,23). The lowest BCUT2D eigenvalue weighted by atomic mass is 10.1. The quantitative estimate of drug-likeness (QED) is 0.140. The summed E-state index contributed by atoms with van der Waals surface area (Å²) in [7, 11) is 0. The highest BCUT2D eigenvalue weighted by Gasteiger charge is 2.25. The summed E-state index contributed by atoms with van der Waals surface area (Å²) >= 11 is 6.60. The van der Waals surface area contributed by atoms with Gasteiger partial charge in [-0.15, -0.1) is 23.5 Å². The van der Waals surface area contributed by atoms with Crippen molar-refractivity contribution in [1.29, 1.82) is 0 Å². The molecule has 2 N–H and O–H groups in total. The van der Waals surface area contributed by atoms with Crippen molar-refractivity contribution in [2.45, 2.75) is 47.8 Å². The summed E-state index contributed by atoms with van der Waals surface area (Å²) < 4.78 is 4.86. The Kier molecular flexibility index (Phi) is 10.0. The fraction of sp³-hybridized carbons (Fsp3) is 0.200. The second kappa shape index (κ2) is 15.2. The normalized spacial score (nSPS) is 13.8. The lowest BCUT2D eigenvalue weighted by Gasteiger charge is -2.09. The smallest absolute Gasteiger partial charge is 0.251 e. The number of rotatable bonds is 9. The maximum Gasteiger partial charge on any atom is 0.251 e. The van der Waals surface area contributed by atoms with Gasteiger partial charge in [0.15, 0.2) is 11.3 Å². The van der Waals surface area contributed by atoms with E-state index in [1.807, 2.05) is 108 Å². The molecule has 0 unspecified atom stereocenters. The van der Waals surface area contributed by atoms with Gasteiger partial charge in [0.05, 0.1) is 29.5 Å². The first kappa shape index (κ1) is 35.1. The number of fused-ring (bicyclic) bond motifs is 2. The molecule has 3 aromatic carbocycles. The molecule has 10 nitrogen and oxygen atoms in total. The van der Waals surface area contributed by atoms with Gasteiger partial charge in [0.1, 0.15) is 14.7 Å². The number of hydrogen-bond acceptors (Lipinski definition) is 8. The van der Waals surface area contributed by atoms with E-state index in [0.29, 0.717) is 23.2 Å². The van der Waals surface area contributed by atoms with Gasteiger partial charge in [-0.3, -0.25) is 18.4 Å². The molecule has 0 spiro atoms. The average Bonchev–Trinajstić information content (AvgIpc) is 4.11. The summed E-state index contributed by atoms with van der Waals surface area (Å²) in [6, 6.07) is 26.2. The zero-order valence-electron chi connectivity index (χ0n) is 29.0. The SMILES string of the molecule is CSc1nc(-c2ccccc2)cn2c(-c3ccc(C(=O)NC4CC4)cc3)cnc12.CSc1nc(Br)cn2c(-c3ccc(C(=O)NC4CC4)cc3)cnc12. The van der Waals surface area contributed by atoms with Crippen LogP contribution in [0.4, 0.5) is 0 Å². The molecule has 7 aromatic rings. The Balaban J connectivity index is 0.000000154. The van der Waals surface area contributed by atoms with Crippen LogP contribution in [0.1, 0.15) is 46.4 Å². The van der Waals surface area contributed by atoms with E-state index in [2.05, 4.69) is 58.0 Å². The molecule has 9 rings (SSSR count). The van der Waals surface area contributed by atoms with Gasteiger partial charge in [-0.1, -0.05) is 54.6 Å². The van der Waals surface area contributed by atoms with Gasteiger partial charge in [0.25, 0.3) is 11.8 Å². The maximum atomic E-state index is 12.3. The van der Waals surface area contributed by atoms with E-state index in [1.165, 1.54) is 0 Å². The van der Waals surface area contributed by atoms with Crippen LogP contribution < -0.4 is 10.6 Å². The molecule has 4 aromatic heterocycles. The molecule has 0 radical (unpaired) electrons. The molecule has 2 amide bonds. The molecule has 13 heteroatoms. The Morgan fingerprint density at radius 2 is 1.11 bits per heavy atom. The van der Waals surface area contributed by atoms with Gasteiger partial charge >= 0.3 is 0 Å². The maximum absolute atomic E-state index is 12.3. The van der Waals surface area contributed by atoms with Crippen molar-refractivity contribution in [2.24, 2.45) is 0 Å². The number of amides is 2. The van der Waals surface area contributed by atoms with Crippen LogP contribution in [0.5, 0.6) is 0 Å². The summed E-state index contributed by atoms with van der Waals surface area (Å²) in [6.45, 7) is 0. The molecule has 2 fully saturated rings. The molecule has 2 aliphatic carbocycles. The Labute approximate surface area is 323 Å². The number of nitrogens with zero attached hydrogens (tertiary/aromatic N) is 6. The van der Waals surface area contributed by atoms with Crippen LogP contribution in [0, 0.1) is 0 Å². The minimum absolute atomic E-state index is 0.00111. The van der Waals surface area contributed by atoms with Crippen molar-refractivity contribution in [3.63, 3.8) is 0 Å². The van der Waals surface area contributed by atoms with E-state index < -0.39 is 0 Å². The highest BCUT2D eigenvalue weighted by Crippen LogP contribution is 2.30. The first-order chi connectivity index (χ1) is 25.9. The van der Waals surface area contributed by atoms with Crippen LogP contribution in [0.15, 0.2) is 118 Å². The molecular weight excluding hydrogens is 769 g/mol. The number of halogens is 1. The van der Waals surface area contributed by atoms with Crippen molar-refractivity contribution >= 4 is 62.6 Å². The molecule has 53 heavy (non-hydrogen) atoms. The largest absolute Gasteiger partial charge is 0.349 e. The first-order valence-electron chi connectivity index (χ1n) is 17.3. The summed E-state index contributed by atoms with van der Waals surface area (Å²) in [5.41, 5.74) is 8.98. The summed E-state index contributed by atoms with van der Waals surface area (Å²) in [6.07, 6.45) is 16.0. The lowest BCUT2D eigenvalue weighted by molar-refractivity contribution is 0.0942. The molecule has 0 saturated heterocycles. The highest BCUT2D eigenvalue weighted by molar-refractivity contribution is 9.10. The number of carbonyl (C=O) groups is 2. The molecule has 0 aliphatic heterocycles. The molecule has 0 atom stereocenters. The topological polar surface area (TPSA) is 119 Å². The molecule has 0 bridgehead atoms. The third kappa shape index (κ3) is 7.73. The summed E-state index contributed by atoms with van der Waals surface area (Å²) in [4.78, 5) is 42.7. The Morgan fingerprint density at radius 3 is 1.58 bits per heavy atom. The minimum Gasteiger partial charge on any atom is -0.349 e. The molecule has 266 valence electrons. The zero-order chi connectivity index (χ0) is 36.5. The predicted octanol–water partition coefficient (Wildman–Crippen LogP) is 8.45. The van der Waals surface area contributed by atoms with E-state index in [9.17, 15) is 9.59 Å². The first-order valence-corrected chi connectivity index (χ1v) is 20.5. The third-order valence-corrected chi connectivity index (χ3v) is 10.8. The average molecular weight is 804 g/mol. The van der Waals surface area contributed by atoms with Crippen molar-refractivity contribution in [3.05, 3.63) is 119 Å². The Hall–Kier alpha value is -4.98. The highest BCUT2D eigenvalue weighted by atomic mass is 79.9. The van der Waals surface area contributed by atoms with Crippen LogP contribution >= 0.6 is 39.5 Å². The number of carbonyl (C=O) groups excluding carboxylic acids is 2. The van der Waals surface area contributed by atoms with E-state index in [0.717, 1.165) is 85.4 Å². The van der Waals surface area contributed by atoms with Crippen molar-refractivity contribution in [1.82, 2.24) is 39.4 Å². The zero-order valence-corrected chi connectivity index (χ0v) is 32.2. The van der Waals surface area contributed by atoms with Gasteiger partial charge in [0.2, 0.25) is 0 Å². The van der Waals surface area contributed by atoms with Gasteiger partial charge in [-0.05, 0) is 78.4 Å². The fourth-order valence-electron chi connectivity index (χ4n) is 5.92. The fourth-order valence-corrected chi connectivity index (χ4v) is 7.47. The van der Waals surface area contributed by atoms with Crippen LogP contribution in [0.25, 0.3) is 45.1 Å².